The summed E-state index contributed by atoms with van der Waals surface area (Å²) in [6, 6.07) is 10.1. The first kappa shape index (κ1) is 15.6. The van der Waals surface area contributed by atoms with Crippen LogP contribution in [0.5, 0.6) is 0 Å². The van der Waals surface area contributed by atoms with Crippen molar-refractivity contribution in [3.63, 3.8) is 0 Å². The quantitative estimate of drug-likeness (QED) is 0.813. The molecule has 1 atom stereocenters. The number of sulfone groups is 1. The van der Waals surface area contributed by atoms with Gasteiger partial charge in [-0.3, -0.25) is 0 Å². The number of hydrogen-bond acceptors (Lipinski definition) is 5. The molecule has 0 spiro atoms. The lowest BCUT2D eigenvalue weighted by molar-refractivity contribution is 0.127. The van der Waals surface area contributed by atoms with Gasteiger partial charge in [-0.25, -0.2) is 13.4 Å². The highest BCUT2D eigenvalue weighted by Gasteiger charge is 2.24. The number of benzene rings is 1. The monoisotopic (exact) mass is 337 g/mol. The molecule has 2 heterocycles. The van der Waals surface area contributed by atoms with Crippen molar-refractivity contribution < 1.29 is 13.2 Å². The van der Waals surface area contributed by atoms with Crippen molar-refractivity contribution in [2.45, 2.75) is 31.1 Å². The minimum atomic E-state index is -3.16. The Hall–Kier alpha value is -1.24. The summed E-state index contributed by atoms with van der Waals surface area (Å²) in [7, 11) is -3.16. The smallest absolute Gasteiger partial charge is 0.158 e. The molecule has 118 valence electrons. The number of nitrogens with zero attached hydrogens (tertiary/aromatic N) is 1. The average Bonchev–Trinajstić information content (AvgIpc) is 3.11. The van der Waals surface area contributed by atoms with Gasteiger partial charge < -0.3 is 4.74 Å². The molecular weight excluding hydrogens is 318 g/mol. The Morgan fingerprint density at radius 3 is 2.82 bits per heavy atom. The predicted molar refractivity (Wildman–Crippen MR) is 87.8 cm³/mol. The first-order valence-electron chi connectivity index (χ1n) is 7.40. The maximum atomic E-state index is 12.2. The van der Waals surface area contributed by atoms with E-state index in [0.29, 0.717) is 12.3 Å². The molecular formula is C16H19NO3S2. The van der Waals surface area contributed by atoms with Gasteiger partial charge in [0.25, 0.3) is 0 Å². The Labute approximate surface area is 135 Å². The molecule has 0 bridgehead atoms. The van der Waals surface area contributed by atoms with Gasteiger partial charge in [-0.1, -0.05) is 30.3 Å². The SMILES string of the molecule is O=S(=O)(Cc1csc(Cc2ccccc2)n1)CC1CCCO1. The molecule has 0 amide bonds. The van der Waals surface area contributed by atoms with E-state index in [9.17, 15) is 8.42 Å². The van der Waals surface area contributed by atoms with E-state index < -0.39 is 9.84 Å². The molecule has 0 aliphatic carbocycles. The van der Waals surface area contributed by atoms with E-state index in [1.54, 1.807) is 0 Å². The van der Waals surface area contributed by atoms with E-state index >= 15 is 0 Å². The Morgan fingerprint density at radius 1 is 1.27 bits per heavy atom. The lowest BCUT2D eigenvalue weighted by Gasteiger charge is -2.08. The maximum absolute atomic E-state index is 12.2. The molecule has 4 nitrogen and oxygen atoms in total. The van der Waals surface area contributed by atoms with E-state index in [4.69, 9.17) is 4.74 Å². The van der Waals surface area contributed by atoms with Crippen LogP contribution in [-0.2, 0) is 26.7 Å². The van der Waals surface area contributed by atoms with Crippen LogP contribution in [-0.4, -0.2) is 31.9 Å². The van der Waals surface area contributed by atoms with Crippen LogP contribution in [0.15, 0.2) is 35.7 Å². The van der Waals surface area contributed by atoms with E-state index in [1.807, 2.05) is 23.6 Å². The number of hydrogen-bond donors (Lipinski definition) is 0. The Balaban J connectivity index is 1.61. The highest BCUT2D eigenvalue weighted by molar-refractivity contribution is 7.90. The van der Waals surface area contributed by atoms with Crippen molar-refractivity contribution in [2.75, 3.05) is 12.4 Å². The lowest BCUT2D eigenvalue weighted by atomic mass is 10.2. The van der Waals surface area contributed by atoms with Gasteiger partial charge in [0, 0.05) is 18.4 Å². The van der Waals surface area contributed by atoms with Crippen LogP contribution < -0.4 is 0 Å². The van der Waals surface area contributed by atoms with Crippen molar-refractivity contribution in [1.29, 1.82) is 0 Å². The van der Waals surface area contributed by atoms with Crippen molar-refractivity contribution >= 4 is 21.2 Å². The van der Waals surface area contributed by atoms with Crippen LogP contribution in [0.25, 0.3) is 0 Å². The summed E-state index contributed by atoms with van der Waals surface area (Å²) in [6.45, 7) is 0.679. The van der Waals surface area contributed by atoms with Crippen LogP contribution in [0.1, 0.15) is 29.1 Å². The second kappa shape index (κ2) is 6.89. The van der Waals surface area contributed by atoms with E-state index in [0.717, 1.165) is 24.3 Å². The van der Waals surface area contributed by atoms with Gasteiger partial charge in [-0.2, -0.15) is 0 Å². The molecule has 0 radical (unpaired) electrons. The van der Waals surface area contributed by atoms with Gasteiger partial charge in [-0.05, 0) is 18.4 Å². The van der Waals surface area contributed by atoms with E-state index in [-0.39, 0.29) is 17.6 Å². The van der Waals surface area contributed by atoms with Crippen molar-refractivity contribution in [3.8, 4) is 0 Å². The van der Waals surface area contributed by atoms with Gasteiger partial charge in [0.05, 0.1) is 28.3 Å². The molecule has 1 fully saturated rings. The number of aromatic nitrogens is 1. The molecule has 1 aromatic carbocycles. The molecule has 0 N–H and O–H groups in total. The van der Waals surface area contributed by atoms with Crippen LogP contribution >= 0.6 is 11.3 Å². The molecule has 3 rings (SSSR count). The third-order valence-corrected chi connectivity index (χ3v) is 6.14. The van der Waals surface area contributed by atoms with Crippen LogP contribution in [0.3, 0.4) is 0 Å². The Kier molecular flexibility index (Phi) is 4.90. The molecule has 1 aromatic heterocycles. The summed E-state index contributed by atoms with van der Waals surface area (Å²) in [5.41, 5.74) is 1.83. The maximum Gasteiger partial charge on any atom is 0.158 e. The standard InChI is InChI=1S/C16H19NO3S2/c18-22(19,12-15-7-4-8-20-15)11-14-10-21-16(17-14)9-13-5-2-1-3-6-13/h1-3,5-6,10,15H,4,7-9,11-12H2. The molecule has 2 aromatic rings. The lowest BCUT2D eigenvalue weighted by Crippen LogP contribution is -2.21. The molecule has 6 heteroatoms. The molecule has 1 aliphatic rings. The third kappa shape index (κ3) is 4.38. The van der Waals surface area contributed by atoms with Crippen LogP contribution in [0.2, 0.25) is 0 Å². The van der Waals surface area contributed by atoms with Crippen LogP contribution in [0.4, 0.5) is 0 Å². The first-order chi connectivity index (χ1) is 10.6. The Bertz CT molecular complexity index is 704. The summed E-state index contributed by atoms with van der Waals surface area (Å²) < 4.78 is 29.8. The fourth-order valence-corrected chi connectivity index (χ4v) is 5.09. The second-order valence-electron chi connectivity index (χ2n) is 5.58. The van der Waals surface area contributed by atoms with Gasteiger partial charge in [0.15, 0.2) is 9.84 Å². The largest absolute Gasteiger partial charge is 0.377 e. The summed E-state index contributed by atoms with van der Waals surface area (Å²) >= 11 is 1.52. The normalized spacial score (nSPS) is 18.6. The average molecular weight is 337 g/mol. The molecule has 1 aliphatic heterocycles. The fraction of sp³-hybridized carbons (Fsp3) is 0.438. The topological polar surface area (TPSA) is 56.3 Å². The highest BCUT2D eigenvalue weighted by atomic mass is 32.2. The van der Waals surface area contributed by atoms with Gasteiger partial charge in [0.1, 0.15) is 0 Å². The second-order valence-corrected chi connectivity index (χ2v) is 8.64. The third-order valence-electron chi connectivity index (χ3n) is 3.63. The van der Waals surface area contributed by atoms with Gasteiger partial charge >= 0.3 is 0 Å². The van der Waals surface area contributed by atoms with Gasteiger partial charge in [-0.15, -0.1) is 11.3 Å². The predicted octanol–water partition coefficient (Wildman–Crippen LogP) is 2.83. The zero-order chi connectivity index (χ0) is 15.4. The summed E-state index contributed by atoms with van der Waals surface area (Å²) in [5, 5.41) is 2.80. The van der Waals surface area contributed by atoms with Crippen molar-refractivity contribution in [3.05, 3.63) is 52.0 Å². The summed E-state index contributed by atoms with van der Waals surface area (Å²) in [6.07, 6.45) is 2.41. The van der Waals surface area contributed by atoms with Crippen molar-refractivity contribution in [2.24, 2.45) is 0 Å². The minimum absolute atomic E-state index is 0.0121. The fourth-order valence-electron chi connectivity index (χ4n) is 2.61. The Morgan fingerprint density at radius 2 is 2.09 bits per heavy atom. The van der Waals surface area contributed by atoms with Crippen molar-refractivity contribution in [1.82, 2.24) is 4.98 Å². The van der Waals surface area contributed by atoms with E-state index in [2.05, 4.69) is 17.1 Å². The number of ether oxygens (including phenoxy) is 1. The number of rotatable bonds is 6. The molecule has 0 saturated carbocycles. The van der Waals surface area contributed by atoms with Gasteiger partial charge in [0.2, 0.25) is 0 Å². The number of thiazole rings is 1. The zero-order valence-corrected chi connectivity index (χ0v) is 13.9. The molecule has 22 heavy (non-hydrogen) atoms. The first-order valence-corrected chi connectivity index (χ1v) is 10.1. The highest BCUT2D eigenvalue weighted by Crippen LogP contribution is 2.19. The summed E-state index contributed by atoms with van der Waals surface area (Å²) in [4.78, 5) is 4.46. The molecule has 1 unspecified atom stereocenters. The summed E-state index contributed by atoms with van der Waals surface area (Å²) in [5.74, 6) is 0.122. The zero-order valence-electron chi connectivity index (χ0n) is 12.3. The minimum Gasteiger partial charge on any atom is -0.377 e. The van der Waals surface area contributed by atoms with Crippen LogP contribution in [0, 0.1) is 0 Å². The van der Waals surface area contributed by atoms with E-state index in [1.165, 1.54) is 16.9 Å². The molecule has 1 saturated heterocycles.